The Morgan fingerprint density at radius 3 is 2.73 bits per heavy atom. The van der Waals surface area contributed by atoms with Crippen LogP contribution in [0.25, 0.3) is 0 Å². The summed E-state index contributed by atoms with van der Waals surface area (Å²) in [6.07, 6.45) is 3.95. The molecule has 2 amide bonds. The molecule has 1 unspecified atom stereocenters. The van der Waals surface area contributed by atoms with Gasteiger partial charge in [0, 0.05) is 37.1 Å². The quantitative estimate of drug-likeness (QED) is 0.477. The van der Waals surface area contributed by atoms with Crippen molar-refractivity contribution in [2.24, 2.45) is 5.92 Å². The van der Waals surface area contributed by atoms with E-state index in [9.17, 15) is 14.0 Å². The number of hydrogen-bond donors (Lipinski definition) is 0. The highest BCUT2D eigenvalue weighted by Crippen LogP contribution is 2.41. The first-order valence-electron chi connectivity index (χ1n) is 12.7. The lowest BCUT2D eigenvalue weighted by atomic mass is 9.87. The Hall–Kier alpha value is -3.33. The summed E-state index contributed by atoms with van der Waals surface area (Å²) >= 11 is 1.84. The van der Waals surface area contributed by atoms with Crippen molar-refractivity contribution < 1.29 is 23.1 Å². The number of nitrogens with zero attached hydrogens (tertiary/aromatic N) is 3. The molecule has 0 N–H and O–H groups in total. The van der Waals surface area contributed by atoms with Gasteiger partial charge in [-0.25, -0.2) is 9.37 Å². The molecule has 37 heavy (non-hydrogen) atoms. The molecule has 3 heterocycles. The highest BCUT2D eigenvalue weighted by atomic mass is 32.2. The summed E-state index contributed by atoms with van der Waals surface area (Å²) < 4.78 is 25.7. The number of benzene rings is 2. The molecule has 1 aromatic heterocycles. The summed E-state index contributed by atoms with van der Waals surface area (Å²) in [6.45, 7) is 2.10. The number of halogens is 1. The van der Waals surface area contributed by atoms with Crippen LogP contribution < -0.4 is 4.74 Å². The van der Waals surface area contributed by atoms with Crippen LogP contribution in [0, 0.1) is 11.7 Å². The van der Waals surface area contributed by atoms with Gasteiger partial charge in [-0.3, -0.25) is 9.59 Å². The maximum atomic E-state index is 14.2. The minimum atomic E-state index is -0.371. The highest BCUT2D eigenvalue weighted by molar-refractivity contribution is 7.99. The first kappa shape index (κ1) is 24.0. The van der Waals surface area contributed by atoms with E-state index in [-0.39, 0.29) is 41.9 Å². The third-order valence-electron chi connectivity index (χ3n) is 7.15. The van der Waals surface area contributed by atoms with E-state index in [1.165, 1.54) is 18.4 Å². The van der Waals surface area contributed by atoms with E-state index in [1.54, 1.807) is 11.0 Å². The van der Waals surface area contributed by atoms with Crippen LogP contribution >= 0.6 is 11.8 Å². The second kappa shape index (κ2) is 10.2. The van der Waals surface area contributed by atoms with E-state index in [2.05, 4.69) is 4.98 Å². The van der Waals surface area contributed by atoms with Crippen molar-refractivity contribution >= 4 is 23.6 Å². The van der Waals surface area contributed by atoms with Gasteiger partial charge in [0.15, 0.2) is 12.3 Å². The number of fused-ring (bicyclic) bond motifs is 1. The second-order valence-electron chi connectivity index (χ2n) is 9.69. The molecule has 1 saturated carbocycles. The number of carbonyl (C=O) groups is 2. The number of rotatable bonds is 6. The summed E-state index contributed by atoms with van der Waals surface area (Å²) in [7, 11) is 0. The molecule has 2 aromatic carbocycles. The monoisotopic (exact) mass is 521 g/mol. The molecule has 1 aliphatic carbocycles. The van der Waals surface area contributed by atoms with E-state index in [0.29, 0.717) is 31.3 Å². The van der Waals surface area contributed by atoms with Crippen molar-refractivity contribution in [3.63, 3.8) is 0 Å². The summed E-state index contributed by atoms with van der Waals surface area (Å²) in [5.41, 5.74) is 3.09. The van der Waals surface area contributed by atoms with Crippen molar-refractivity contribution in [3.05, 3.63) is 82.8 Å². The van der Waals surface area contributed by atoms with Crippen LogP contribution in [-0.4, -0.2) is 57.7 Å². The summed E-state index contributed by atoms with van der Waals surface area (Å²) in [5, 5.41) is 0. The van der Waals surface area contributed by atoms with Gasteiger partial charge in [-0.2, -0.15) is 11.8 Å². The maximum absolute atomic E-state index is 14.2. The predicted octanol–water partition coefficient (Wildman–Crippen LogP) is 4.47. The average molecular weight is 522 g/mol. The molecular weight excluding hydrogens is 493 g/mol. The molecule has 192 valence electrons. The molecule has 1 saturated heterocycles. The molecule has 3 aromatic rings. The minimum Gasteiger partial charge on any atom is -0.484 e. The normalized spacial score (nSPS) is 19.4. The average Bonchev–Trinajstić information content (AvgIpc) is 3.68. The summed E-state index contributed by atoms with van der Waals surface area (Å²) in [4.78, 5) is 33.9. The first-order valence-corrected chi connectivity index (χ1v) is 13.9. The minimum absolute atomic E-state index is 0.0667. The van der Waals surface area contributed by atoms with E-state index in [4.69, 9.17) is 9.15 Å². The Kier molecular flexibility index (Phi) is 6.63. The second-order valence-corrected chi connectivity index (χ2v) is 10.9. The van der Waals surface area contributed by atoms with Crippen LogP contribution in [0.5, 0.6) is 5.75 Å². The van der Waals surface area contributed by atoms with Crippen LogP contribution in [0.1, 0.15) is 52.0 Å². The van der Waals surface area contributed by atoms with Crippen LogP contribution in [0.4, 0.5) is 4.39 Å². The fourth-order valence-corrected chi connectivity index (χ4v) is 5.97. The van der Waals surface area contributed by atoms with Crippen molar-refractivity contribution in [1.29, 1.82) is 0 Å². The van der Waals surface area contributed by atoms with Crippen LogP contribution in [0.3, 0.4) is 0 Å². The van der Waals surface area contributed by atoms with Crippen LogP contribution in [0.2, 0.25) is 0 Å². The molecule has 3 aliphatic rings. The largest absolute Gasteiger partial charge is 0.484 e. The topological polar surface area (TPSA) is 75.9 Å². The van der Waals surface area contributed by atoms with Gasteiger partial charge in [-0.1, -0.05) is 18.2 Å². The number of oxazole rings is 1. The Morgan fingerprint density at radius 2 is 1.95 bits per heavy atom. The zero-order valence-electron chi connectivity index (χ0n) is 20.4. The number of aromatic nitrogens is 1. The molecule has 2 fully saturated rings. The Labute approximate surface area is 219 Å². The number of ether oxygens (including phenoxy) is 1. The predicted molar refractivity (Wildman–Crippen MR) is 137 cm³/mol. The summed E-state index contributed by atoms with van der Waals surface area (Å²) in [6, 6.07) is 11.9. The van der Waals surface area contributed by atoms with Crippen LogP contribution in [0.15, 0.2) is 53.1 Å². The van der Waals surface area contributed by atoms with Crippen molar-refractivity contribution in [1.82, 2.24) is 14.8 Å². The molecule has 2 aliphatic heterocycles. The highest BCUT2D eigenvalue weighted by Gasteiger charge is 2.39. The lowest BCUT2D eigenvalue weighted by molar-refractivity contribution is -0.134. The molecule has 1 atom stereocenters. The Bertz CT molecular complexity index is 1320. The lowest BCUT2D eigenvalue weighted by Crippen LogP contribution is -2.41. The van der Waals surface area contributed by atoms with E-state index in [1.807, 2.05) is 40.9 Å². The third kappa shape index (κ3) is 5.09. The third-order valence-corrected chi connectivity index (χ3v) is 8.09. The standard InChI is InChI=1S/C28H28FN3O4S/c29-21-3-1-2-20(14-21)26-23-15-22(7-6-18(23)8-9-32(26)27(33)19-4-5-19)35-17-25-30-24(16-36-25)28(34)31-10-12-37-13-11-31/h1-3,6-7,14-16,19,26H,4-5,8-13,17H2. The molecule has 9 heteroatoms. The zero-order chi connectivity index (χ0) is 25.4. The van der Waals surface area contributed by atoms with Crippen LogP contribution in [-0.2, 0) is 17.8 Å². The van der Waals surface area contributed by atoms with Gasteiger partial charge in [0.2, 0.25) is 11.8 Å². The fraction of sp³-hybridized carbons (Fsp3) is 0.393. The molecular formula is C28H28FN3O4S. The van der Waals surface area contributed by atoms with Crippen molar-refractivity contribution in [2.75, 3.05) is 31.1 Å². The smallest absolute Gasteiger partial charge is 0.275 e. The van der Waals surface area contributed by atoms with Gasteiger partial charge >= 0.3 is 0 Å². The summed E-state index contributed by atoms with van der Waals surface area (Å²) in [5.74, 6) is 2.53. The van der Waals surface area contributed by atoms with Gasteiger partial charge in [-0.15, -0.1) is 0 Å². The van der Waals surface area contributed by atoms with Gasteiger partial charge in [0.25, 0.3) is 5.91 Å². The fourth-order valence-electron chi connectivity index (χ4n) is 5.07. The van der Waals surface area contributed by atoms with Crippen molar-refractivity contribution in [2.45, 2.75) is 31.9 Å². The zero-order valence-corrected chi connectivity index (χ0v) is 21.2. The molecule has 0 spiro atoms. The Morgan fingerprint density at radius 1 is 1.11 bits per heavy atom. The molecule has 6 rings (SSSR count). The number of thioether (sulfide) groups is 1. The number of amides is 2. The first-order chi connectivity index (χ1) is 18.1. The lowest BCUT2D eigenvalue weighted by Gasteiger charge is -2.38. The SMILES string of the molecule is O=C(c1coc(COc2ccc3c(c2)C(c2cccc(F)c2)N(C(=O)C2CC2)CC3)n1)N1CCSCC1. The number of hydrogen-bond acceptors (Lipinski definition) is 6. The maximum Gasteiger partial charge on any atom is 0.275 e. The van der Waals surface area contributed by atoms with Gasteiger partial charge in [0.1, 0.15) is 17.8 Å². The van der Waals surface area contributed by atoms with E-state index >= 15 is 0 Å². The Balaban J connectivity index is 1.22. The molecule has 7 nitrogen and oxygen atoms in total. The van der Waals surface area contributed by atoms with Gasteiger partial charge < -0.3 is 19.0 Å². The van der Waals surface area contributed by atoms with E-state index < -0.39 is 0 Å². The van der Waals surface area contributed by atoms with Gasteiger partial charge in [0.05, 0.1) is 6.04 Å². The van der Waals surface area contributed by atoms with E-state index in [0.717, 1.165) is 47.5 Å². The molecule has 0 radical (unpaired) electrons. The molecule has 0 bridgehead atoms. The van der Waals surface area contributed by atoms with Crippen molar-refractivity contribution in [3.8, 4) is 5.75 Å². The van der Waals surface area contributed by atoms with Gasteiger partial charge in [-0.05, 0) is 60.2 Å². The number of carbonyl (C=O) groups excluding carboxylic acids is 2.